The molecule has 0 radical (unpaired) electrons. The maximum absolute atomic E-state index is 4.07. The van der Waals surface area contributed by atoms with E-state index >= 15 is 0 Å². The highest BCUT2D eigenvalue weighted by atomic mass is 15.0. The number of allylic oxidation sites excluding steroid dienone is 8. The molecular formula is C64H57N. The second-order valence-corrected chi connectivity index (χ2v) is 21.0. The average molecular weight is 840 g/mol. The minimum atomic E-state index is -0.0956. The van der Waals surface area contributed by atoms with Crippen molar-refractivity contribution in [2.75, 3.05) is 0 Å². The summed E-state index contributed by atoms with van der Waals surface area (Å²) in [6.45, 7) is 16.2. The van der Waals surface area contributed by atoms with Crippen LogP contribution in [-0.2, 0) is 10.8 Å². The Morgan fingerprint density at radius 2 is 1.25 bits per heavy atom. The van der Waals surface area contributed by atoms with Crippen molar-refractivity contribution in [1.82, 2.24) is 4.57 Å². The summed E-state index contributed by atoms with van der Waals surface area (Å²) in [5.41, 5.74) is 17.4. The van der Waals surface area contributed by atoms with Crippen LogP contribution in [0.15, 0.2) is 200 Å². The van der Waals surface area contributed by atoms with E-state index in [2.05, 4.69) is 234 Å². The molecule has 1 saturated carbocycles. The van der Waals surface area contributed by atoms with Gasteiger partial charge >= 0.3 is 0 Å². The SMILES string of the molecule is C=Cc1ccc(C2(C3=CCC(C(C)(C)C)C=C3)CC2c2cc3c(c4ccccc24)C2C=CC(n4c5ccc(-c6ccccc6)cc5c5cc(-c6ccccc6)ccc54)=CC2C3(C)C)cc1. The standard InChI is InChI=1S/C64H57N/c1-7-41-22-26-47(27-23-41)64(48-30-28-46(29-31-48)62(2,3)4)40-58(64)53-39-57-61(51-21-15-14-20-50(51)53)52-33-32-49(38-56(52)63(57,5)6)65-59-34-24-44(42-16-10-8-11-17-42)36-54(59)55-37-45(25-35-60(55)65)43-18-12-9-13-19-43/h7-28,30-39,46,52,56,58H,1,29,40H2,2-6H3. The Morgan fingerprint density at radius 3 is 1.83 bits per heavy atom. The summed E-state index contributed by atoms with van der Waals surface area (Å²) >= 11 is 0. The van der Waals surface area contributed by atoms with Crippen molar-refractivity contribution in [3.63, 3.8) is 0 Å². The first-order valence-corrected chi connectivity index (χ1v) is 23.8. The third-order valence-electron chi connectivity index (χ3n) is 16.2. The van der Waals surface area contributed by atoms with E-state index in [1.54, 1.807) is 0 Å². The van der Waals surface area contributed by atoms with Crippen molar-refractivity contribution in [2.24, 2.45) is 17.3 Å². The molecule has 65 heavy (non-hydrogen) atoms. The van der Waals surface area contributed by atoms with Crippen LogP contribution in [0.3, 0.4) is 0 Å². The van der Waals surface area contributed by atoms with E-state index in [4.69, 9.17) is 0 Å². The molecule has 1 heterocycles. The predicted molar refractivity (Wildman–Crippen MR) is 277 cm³/mol. The van der Waals surface area contributed by atoms with Crippen molar-refractivity contribution >= 4 is 44.4 Å². The molecule has 5 unspecified atom stereocenters. The molecule has 318 valence electrons. The largest absolute Gasteiger partial charge is 0.310 e. The van der Waals surface area contributed by atoms with Crippen LogP contribution < -0.4 is 0 Å². The van der Waals surface area contributed by atoms with Gasteiger partial charge in [0.05, 0.1) is 11.0 Å². The quantitative estimate of drug-likeness (QED) is 0.151. The third-order valence-corrected chi connectivity index (χ3v) is 16.2. The molecule has 0 spiro atoms. The average Bonchev–Trinajstić information content (AvgIpc) is 3.95. The van der Waals surface area contributed by atoms with Gasteiger partial charge in [-0.1, -0.05) is 205 Å². The highest BCUT2D eigenvalue weighted by molar-refractivity contribution is 6.13. The normalized spacial score (nSPS) is 23.0. The fourth-order valence-corrected chi connectivity index (χ4v) is 12.4. The zero-order valence-electron chi connectivity index (χ0n) is 38.4. The lowest BCUT2D eigenvalue weighted by molar-refractivity contribution is 0.292. The first kappa shape index (κ1) is 39.9. The molecule has 0 saturated heterocycles. The van der Waals surface area contributed by atoms with E-state index in [1.807, 2.05) is 6.08 Å². The van der Waals surface area contributed by atoms with Gasteiger partial charge in [0.25, 0.3) is 0 Å². The van der Waals surface area contributed by atoms with E-state index in [-0.39, 0.29) is 16.2 Å². The lowest BCUT2D eigenvalue weighted by atomic mass is 9.72. The molecule has 1 aromatic heterocycles. The van der Waals surface area contributed by atoms with Gasteiger partial charge in [-0.3, -0.25) is 0 Å². The zero-order valence-corrected chi connectivity index (χ0v) is 38.4. The summed E-state index contributed by atoms with van der Waals surface area (Å²) < 4.78 is 2.54. The summed E-state index contributed by atoms with van der Waals surface area (Å²) in [7, 11) is 0. The van der Waals surface area contributed by atoms with Crippen LogP contribution in [0.2, 0.25) is 0 Å². The summed E-state index contributed by atoms with van der Waals surface area (Å²) in [5.74, 6) is 1.51. The summed E-state index contributed by atoms with van der Waals surface area (Å²) in [4.78, 5) is 0. The fourth-order valence-electron chi connectivity index (χ4n) is 12.4. The molecular weight excluding hydrogens is 783 g/mol. The van der Waals surface area contributed by atoms with E-state index in [1.165, 1.54) is 93.9 Å². The van der Waals surface area contributed by atoms with E-state index < -0.39 is 0 Å². The van der Waals surface area contributed by atoms with Crippen LogP contribution in [0.5, 0.6) is 0 Å². The maximum Gasteiger partial charge on any atom is 0.0541 e. The number of hydrogen-bond donors (Lipinski definition) is 0. The van der Waals surface area contributed by atoms with Crippen molar-refractivity contribution in [1.29, 1.82) is 0 Å². The molecule has 8 aromatic rings. The molecule has 4 aliphatic rings. The summed E-state index contributed by atoms with van der Waals surface area (Å²) in [6.07, 6.45) is 19.3. The molecule has 1 nitrogen and oxygen atoms in total. The number of aromatic nitrogens is 1. The van der Waals surface area contributed by atoms with Gasteiger partial charge in [0.1, 0.15) is 0 Å². The third kappa shape index (κ3) is 6.19. The molecule has 0 N–H and O–H groups in total. The lowest BCUT2D eigenvalue weighted by Crippen LogP contribution is -2.26. The van der Waals surface area contributed by atoms with Crippen LogP contribution >= 0.6 is 0 Å². The predicted octanol–water partition coefficient (Wildman–Crippen LogP) is 17.0. The molecule has 1 fully saturated rings. The molecule has 0 aliphatic heterocycles. The van der Waals surface area contributed by atoms with Crippen LogP contribution in [0.4, 0.5) is 0 Å². The smallest absolute Gasteiger partial charge is 0.0541 e. The van der Waals surface area contributed by atoms with Gasteiger partial charge < -0.3 is 4.57 Å². The van der Waals surface area contributed by atoms with Gasteiger partial charge in [-0.25, -0.2) is 0 Å². The minimum absolute atomic E-state index is 0.0597. The Morgan fingerprint density at radius 1 is 0.631 bits per heavy atom. The van der Waals surface area contributed by atoms with Crippen LogP contribution in [-0.4, -0.2) is 4.57 Å². The molecule has 0 bridgehead atoms. The van der Waals surface area contributed by atoms with Gasteiger partial charge in [0.15, 0.2) is 0 Å². The van der Waals surface area contributed by atoms with Gasteiger partial charge in [-0.2, -0.15) is 0 Å². The van der Waals surface area contributed by atoms with Crippen LogP contribution in [0, 0.1) is 17.3 Å². The first-order chi connectivity index (χ1) is 31.5. The van der Waals surface area contributed by atoms with Crippen LogP contribution in [0.25, 0.3) is 66.6 Å². The minimum Gasteiger partial charge on any atom is -0.310 e. The highest BCUT2D eigenvalue weighted by Crippen LogP contribution is 2.68. The molecule has 5 atom stereocenters. The second-order valence-electron chi connectivity index (χ2n) is 21.0. The second kappa shape index (κ2) is 14.7. The van der Waals surface area contributed by atoms with Gasteiger partial charge in [0.2, 0.25) is 0 Å². The van der Waals surface area contributed by atoms with E-state index in [0.29, 0.717) is 23.7 Å². The van der Waals surface area contributed by atoms with Crippen molar-refractivity contribution in [3.05, 3.63) is 228 Å². The van der Waals surface area contributed by atoms with Crippen molar-refractivity contribution in [3.8, 4) is 22.3 Å². The lowest BCUT2D eigenvalue weighted by Gasteiger charge is -2.32. The number of rotatable bonds is 7. The number of hydrogen-bond acceptors (Lipinski definition) is 0. The Hall–Kier alpha value is -6.70. The number of benzene rings is 7. The fraction of sp³-hybridized carbons (Fsp3) is 0.219. The molecule has 0 amide bonds. The number of nitrogens with zero attached hydrogens (tertiary/aromatic N) is 1. The van der Waals surface area contributed by atoms with Crippen LogP contribution in [0.1, 0.15) is 87.1 Å². The Balaban J connectivity index is 0.983. The van der Waals surface area contributed by atoms with Gasteiger partial charge in [0, 0.05) is 27.8 Å². The molecule has 4 aliphatic carbocycles. The van der Waals surface area contributed by atoms with Crippen molar-refractivity contribution in [2.45, 2.75) is 70.1 Å². The topological polar surface area (TPSA) is 4.93 Å². The Kier molecular flexibility index (Phi) is 8.99. The molecule has 1 heteroatoms. The zero-order chi connectivity index (χ0) is 44.2. The molecule has 12 rings (SSSR count). The summed E-state index contributed by atoms with van der Waals surface area (Å²) in [5, 5.41) is 5.40. The highest BCUT2D eigenvalue weighted by Gasteiger charge is 2.59. The first-order valence-electron chi connectivity index (χ1n) is 23.8. The van der Waals surface area contributed by atoms with E-state index in [9.17, 15) is 0 Å². The van der Waals surface area contributed by atoms with E-state index in [0.717, 1.165) is 12.8 Å². The Labute approximate surface area is 384 Å². The maximum atomic E-state index is 4.07. The van der Waals surface area contributed by atoms with Gasteiger partial charge in [-0.15, -0.1) is 0 Å². The molecule has 7 aromatic carbocycles. The Bertz CT molecular complexity index is 3240. The van der Waals surface area contributed by atoms with Crippen molar-refractivity contribution < 1.29 is 0 Å². The summed E-state index contributed by atoms with van der Waals surface area (Å²) in [6, 6.07) is 57.0. The number of fused-ring (bicyclic) bond motifs is 8. The monoisotopic (exact) mass is 839 g/mol. The van der Waals surface area contributed by atoms with Gasteiger partial charge in [-0.05, 0) is 138 Å².